The largest absolute Gasteiger partial charge is 0.505 e. The van der Waals surface area contributed by atoms with Crippen LogP contribution in [0.5, 0.6) is 5.75 Å². The first kappa shape index (κ1) is 8.38. The predicted octanol–water partition coefficient (Wildman–Crippen LogP) is 2.68. The fourth-order valence-corrected chi connectivity index (χ4v) is 1.42. The number of aromatic hydroxyl groups is 1. The van der Waals surface area contributed by atoms with Crippen molar-refractivity contribution < 1.29 is 5.11 Å². The molecule has 56 valence electrons. The van der Waals surface area contributed by atoms with Crippen LogP contribution in [0.25, 0.3) is 0 Å². The normalized spacial score (nSPS) is 9.18. The van der Waals surface area contributed by atoms with Crippen molar-refractivity contribution in [2.75, 3.05) is 0 Å². The van der Waals surface area contributed by atoms with E-state index < -0.39 is 0 Å². The van der Waals surface area contributed by atoms with Gasteiger partial charge in [0.15, 0.2) is 0 Å². The van der Waals surface area contributed by atoms with Crippen molar-refractivity contribution >= 4 is 27.5 Å². The van der Waals surface area contributed by atoms with E-state index in [0.717, 1.165) is 0 Å². The van der Waals surface area contributed by atoms with Crippen LogP contribution in [0, 0.1) is 11.3 Å². The number of benzene rings is 1. The molecule has 11 heavy (non-hydrogen) atoms. The Morgan fingerprint density at radius 1 is 1.55 bits per heavy atom. The van der Waals surface area contributed by atoms with Gasteiger partial charge in [0.2, 0.25) is 0 Å². The van der Waals surface area contributed by atoms with Gasteiger partial charge < -0.3 is 5.11 Å². The first-order valence-electron chi connectivity index (χ1n) is 2.73. The molecule has 0 spiro atoms. The van der Waals surface area contributed by atoms with E-state index in [4.69, 9.17) is 22.0 Å². The maximum Gasteiger partial charge on any atom is 0.148 e. The van der Waals surface area contributed by atoms with Crippen molar-refractivity contribution in [3.8, 4) is 11.8 Å². The smallest absolute Gasteiger partial charge is 0.148 e. The van der Waals surface area contributed by atoms with Crippen LogP contribution in [-0.2, 0) is 0 Å². The Morgan fingerprint density at radius 3 is 2.64 bits per heavy atom. The molecule has 0 radical (unpaired) electrons. The molecule has 0 atom stereocenters. The monoisotopic (exact) mass is 231 g/mol. The van der Waals surface area contributed by atoms with Gasteiger partial charge >= 0.3 is 0 Å². The summed E-state index contributed by atoms with van der Waals surface area (Å²) >= 11 is 8.62. The second-order valence-corrected chi connectivity index (χ2v) is 3.16. The minimum absolute atomic E-state index is 0.0364. The fourth-order valence-electron chi connectivity index (χ4n) is 0.630. The second kappa shape index (κ2) is 3.12. The van der Waals surface area contributed by atoms with Crippen LogP contribution in [0.1, 0.15) is 5.56 Å². The quantitative estimate of drug-likeness (QED) is 0.747. The lowest BCUT2D eigenvalue weighted by molar-refractivity contribution is 0.472. The van der Waals surface area contributed by atoms with E-state index in [0.29, 0.717) is 10.0 Å². The van der Waals surface area contributed by atoms with Gasteiger partial charge in [-0.2, -0.15) is 5.26 Å². The fraction of sp³-hybridized carbons (Fsp3) is 0. The highest BCUT2D eigenvalue weighted by Gasteiger charge is 2.04. The summed E-state index contributed by atoms with van der Waals surface area (Å²) in [5.74, 6) is -0.0364. The second-order valence-electron chi connectivity index (χ2n) is 1.90. The SMILES string of the molecule is N#Cc1cc(Cl)c(O)c(Br)c1. The van der Waals surface area contributed by atoms with Gasteiger partial charge in [0.1, 0.15) is 5.75 Å². The van der Waals surface area contributed by atoms with Crippen LogP contribution in [0.15, 0.2) is 16.6 Å². The molecule has 1 N–H and O–H groups in total. The van der Waals surface area contributed by atoms with Crippen molar-refractivity contribution in [2.45, 2.75) is 0 Å². The lowest BCUT2D eigenvalue weighted by atomic mass is 10.2. The Morgan fingerprint density at radius 2 is 2.18 bits per heavy atom. The third-order valence-electron chi connectivity index (χ3n) is 1.15. The maximum atomic E-state index is 9.14. The van der Waals surface area contributed by atoms with Crippen LogP contribution in [-0.4, -0.2) is 5.11 Å². The van der Waals surface area contributed by atoms with E-state index in [9.17, 15) is 0 Å². The summed E-state index contributed by atoms with van der Waals surface area (Å²) in [6.07, 6.45) is 0. The molecule has 0 unspecified atom stereocenters. The Kier molecular flexibility index (Phi) is 2.38. The van der Waals surface area contributed by atoms with Gasteiger partial charge in [0.05, 0.1) is 21.1 Å². The molecule has 0 bridgehead atoms. The van der Waals surface area contributed by atoms with Crippen molar-refractivity contribution in [3.05, 3.63) is 27.2 Å². The maximum absolute atomic E-state index is 9.14. The van der Waals surface area contributed by atoms with Gasteiger partial charge in [-0.15, -0.1) is 0 Å². The number of phenolic OH excluding ortho intramolecular Hbond substituents is 1. The molecule has 0 saturated carbocycles. The van der Waals surface area contributed by atoms with Gasteiger partial charge in [0, 0.05) is 0 Å². The van der Waals surface area contributed by atoms with Crippen LogP contribution < -0.4 is 0 Å². The molecule has 2 nitrogen and oxygen atoms in total. The van der Waals surface area contributed by atoms with Gasteiger partial charge in [-0.1, -0.05) is 11.6 Å². The summed E-state index contributed by atoms with van der Waals surface area (Å²) in [5.41, 5.74) is 0.416. The molecule has 1 aromatic carbocycles. The number of nitrogens with zero attached hydrogens (tertiary/aromatic N) is 1. The summed E-state index contributed by atoms with van der Waals surface area (Å²) in [5, 5.41) is 17.8. The summed E-state index contributed by atoms with van der Waals surface area (Å²) in [6.45, 7) is 0. The number of hydrogen-bond acceptors (Lipinski definition) is 2. The Hall–Kier alpha value is -0.720. The van der Waals surface area contributed by atoms with E-state index in [1.165, 1.54) is 12.1 Å². The molecule has 0 fully saturated rings. The zero-order chi connectivity index (χ0) is 8.43. The van der Waals surface area contributed by atoms with Crippen LogP contribution in [0.2, 0.25) is 5.02 Å². The predicted molar refractivity (Wildman–Crippen MR) is 45.5 cm³/mol. The molecule has 0 amide bonds. The molecule has 4 heteroatoms. The third-order valence-corrected chi connectivity index (χ3v) is 2.04. The average Bonchev–Trinajstić information content (AvgIpc) is 1.99. The molecule has 0 aromatic heterocycles. The molecular weight excluding hydrogens is 229 g/mol. The highest BCUT2D eigenvalue weighted by molar-refractivity contribution is 9.10. The Labute approximate surface area is 77.2 Å². The zero-order valence-corrected chi connectivity index (χ0v) is 7.65. The first-order valence-corrected chi connectivity index (χ1v) is 3.90. The zero-order valence-electron chi connectivity index (χ0n) is 5.31. The lowest BCUT2D eigenvalue weighted by Crippen LogP contribution is -1.76. The molecule has 0 aliphatic rings. The van der Waals surface area contributed by atoms with Crippen LogP contribution in [0.4, 0.5) is 0 Å². The van der Waals surface area contributed by atoms with Crippen LogP contribution >= 0.6 is 27.5 Å². The molecule has 1 rings (SSSR count). The highest BCUT2D eigenvalue weighted by atomic mass is 79.9. The van der Waals surface area contributed by atoms with Crippen molar-refractivity contribution in [1.82, 2.24) is 0 Å². The van der Waals surface area contributed by atoms with Gasteiger partial charge in [-0.05, 0) is 28.1 Å². The number of halogens is 2. The van der Waals surface area contributed by atoms with E-state index >= 15 is 0 Å². The highest BCUT2D eigenvalue weighted by Crippen LogP contribution is 2.32. The number of hydrogen-bond donors (Lipinski definition) is 1. The minimum Gasteiger partial charge on any atom is -0.505 e. The van der Waals surface area contributed by atoms with Crippen molar-refractivity contribution in [3.63, 3.8) is 0 Å². The summed E-state index contributed by atoms with van der Waals surface area (Å²) in [4.78, 5) is 0. The van der Waals surface area contributed by atoms with E-state index in [-0.39, 0.29) is 10.8 Å². The Bertz CT molecular complexity index is 309. The number of rotatable bonds is 0. The van der Waals surface area contributed by atoms with Gasteiger partial charge in [0.25, 0.3) is 0 Å². The van der Waals surface area contributed by atoms with Crippen molar-refractivity contribution in [2.24, 2.45) is 0 Å². The third kappa shape index (κ3) is 1.65. The summed E-state index contributed by atoms with van der Waals surface area (Å²) in [6, 6.07) is 4.82. The standard InChI is InChI=1S/C7H3BrClNO/c8-5-1-4(3-10)2-6(9)7(5)11/h1-2,11H. The lowest BCUT2D eigenvalue weighted by Gasteiger charge is -1.98. The van der Waals surface area contributed by atoms with Gasteiger partial charge in [-0.3, -0.25) is 0 Å². The first-order chi connectivity index (χ1) is 5.15. The van der Waals surface area contributed by atoms with Gasteiger partial charge in [-0.25, -0.2) is 0 Å². The minimum atomic E-state index is -0.0364. The molecule has 0 saturated heterocycles. The summed E-state index contributed by atoms with van der Waals surface area (Å²) < 4.78 is 0.432. The van der Waals surface area contributed by atoms with Crippen LogP contribution in [0.3, 0.4) is 0 Å². The molecule has 0 heterocycles. The number of phenols is 1. The molecule has 0 aliphatic heterocycles. The molecule has 1 aromatic rings. The molecule has 0 aliphatic carbocycles. The molecular formula is C7H3BrClNO. The Balaban J connectivity index is 3.35. The average molecular weight is 232 g/mol. The number of nitriles is 1. The summed E-state index contributed by atoms with van der Waals surface area (Å²) in [7, 11) is 0. The topological polar surface area (TPSA) is 44.0 Å². The van der Waals surface area contributed by atoms with E-state index in [2.05, 4.69) is 15.9 Å². The van der Waals surface area contributed by atoms with Crippen molar-refractivity contribution in [1.29, 1.82) is 5.26 Å². The van der Waals surface area contributed by atoms with E-state index in [1.807, 2.05) is 6.07 Å². The van der Waals surface area contributed by atoms with E-state index in [1.54, 1.807) is 0 Å².